The van der Waals surface area contributed by atoms with Crippen molar-refractivity contribution in [2.24, 2.45) is 23.7 Å². The van der Waals surface area contributed by atoms with E-state index in [4.69, 9.17) is 0 Å². The number of rotatable bonds is 5. The molecule has 3 unspecified atom stereocenters. The molecule has 0 aliphatic heterocycles. The first kappa shape index (κ1) is 11.2. The summed E-state index contributed by atoms with van der Waals surface area (Å²) in [6, 6.07) is 0. The van der Waals surface area contributed by atoms with E-state index in [2.05, 4.69) is 26.0 Å². The van der Waals surface area contributed by atoms with Crippen molar-refractivity contribution >= 4 is 0 Å². The highest BCUT2D eigenvalue weighted by Crippen LogP contribution is 2.46. The molecule has 0 radical (unpaired) electrons. The minimum absolute atomic E-state index is 0.0464. The second-order valence-electron chi connectivity index (χ2n) is 5.43. The van der Waals surface area contributed by atoms with E-state index in [1.165, 1.54) is 25.7 Å². The van der Waals surface area contributed by atoms with Crippen LogP contribution in [0.25, 0.3) is 0 Å². The molecule has 15 heavy (non-hydrogen) atoms. The van der Waals surface area contributed by atoms with Crippen molar-refractivity contribution < 1.29 is 5.11 Å². The third-order valence-corrected chi connectivity index (χ3v) is 4.55. The molecule has 86 valence electrons. The largest absolute Gasteiger partial charge is 0.393 e. The van der Waals surface area contributed by atoms with E-state index >= 15 is 0 Å². The molecule has 1 fully saturated rings. The summed E-state index contributed by atoms with van der Waals surface area (Å²) < 4.78 is 0. The zero-order valence-electron chi connectivity index (χ0n) is 10.0. The fraction of sp³-hybridized carbons (Fsp3) is 0.857. The monoisotopic (exact) mass is 208 g/mol. The number of hydrogen-bond acceptors (Lipinski definition) is 1. The van der Waals surface area contributed by atoms with Gasteiger partial charge in [0.1, 0.15) is 0 Å². The summed E-state index contributed by atoms with van der Waals surface area (Å²) in [5, 5.41) is 10.3. The van der Waals surface area contributed by atoms with Gasteiger partial charge in [0.05, 0.1) is 6.10 Å². The zero-order valence-corrected chi connectivity index (χ0v) is 10.0. The Morgan fingerprint density at radius 1 is 1.20 bits per heavy atom. The van der Waals surface area contributed by atoms with Crippen molar-refractivity contribution in [3.8, 4) is 0 Å². The number of hydrogen-bond donors (Lipinski definition) is 1. The Kier molecular flexibility index (Phi) is 3.50. The van der Waals surface area contributed by atoms with Crippen LogP contribution in [0.15, 0.2) is 12.2 Å². The molecule has 0 saturated heterocycles. The van der Waals surface area contributed by atoms with Gasteiger partial charge in [-0.1, -0.05) is 38.8 Å². The Labute approximate surface area is 93.6 Å². The summed E-state index contributed by atoms with van der Waals surface area (Å²) in [5.74, 6) is 2.78. The van der Waals surface area contributed by atoms with Crippen molar-refractivity contribution in [2.75, 3.05) is 0 Å². The zero-order chi connectivity index (χ0) is 10.8. The summed E-state index contributed by atoms with van der Waals surface area (Å²) in [4.78, 5) is 0. The molecule has 2 aliphatic carbocycles. The summed E-state index contributed by atoms with van der Waals surface area (Å²) in [6.07, 6.45) is 10.6. The SMILES string of the molecule is CCC(CC)CC(O)[C@H]1CC2C=CC1C2. The van der Waals surface area contributed by atoms with E-state index in [1.54, 1.807) is 0 Å². The molecule has 0 heterocycles. The Morgan fingerprint density at radius 2 is 1.93 bits per heavy atom. The van der Waals surface area contributed by atoms with Crippen molar-refractivity contribution in [2.45, 2.75) is 52.1 Å². The van der Waals surface area contributed by atoms with Gasteiger partial charge in [-0.15, -0.1) is 0 Å². The average Bonchev–Trinajstić information content (AvgIpc) is 2.87. The molecule has 1 N–H and O–H groups in total. The maximum atomic E-state index is 10.3. The molecular formula is C14H24O. The van der Waals surface area contributed by atoms with Crippen molar-refractivity contribution in [3.05, 3.63) is 12.2 Å². The van der Waals surface area contributed by atoms with Crippen LogP contribution in [0.5, 0.6) is 0 Å². The molecule has 1 saturated carbocycles. The van der Waals surface area contributed by atoms with Crippen LogP contribution in [0.2, 0.25) is 0 Å². The van der Waals surface area contributed by atoms with E-state index in [9.17, 15) is 5.11 Å². The molecule has 2 rings (SSSR count). The molecule has 0 aromatic heterocycles. The highest BCUT2D eigenvalue weighted by Gasteiger charge is 2.39. The maximum absolute atomic E-state index is 10.3. The number of fused-ring (bicyclic) bond motifs is 2. The summed E-state index contributed by atoms with van der Waals surface area (Å²) >= 11 is 0. The van der Waals surface area contributed by atoms with Gasteiger partial charge in [-0.05, 0) is 42.9 Å². The van der Waals surface area contributed by atoms with Crippen LogP contribution in [0.1, 0.15) is 46.0 Å². The smallest absolute Gasteiger partial charge is 0.0576 e. The number of aliphatic hydroxyl groups is 1. The quantitative estimate of drug-likeness (QED) is 0.687. The number of allylic oxidation sites excluding steroid dienone is 2. The van der Waals surface area contributed by atoms with Crippen LogP contribution < -0.4 is 0 Å². The topological polar surface area (TPSA) is 20.2 Å². The molecule has 1 heteroatoms. The second-order valence-corrected chi connectivity index (χ2v) is 5.43. The highest BCUT2D eigenvalue weighted by atomic mass is 16.3. The van der Waals surface area contributed by atoms with Gasteiger partial charge in [0, 0.05) is 0 Å². The molecule has 0 amide bonds. The molecule has 4 atom stereocenters. The normalized spacial score (nSPS) is 35.3. The number of aliphatic hydroxyl groups excluding tert-OH is 1. The van der Waals surface area contributed by atoms with Gasteiger partial charge in [-0.3, -0.25) is 0 Å². The Morgan fingerprint density at radius 3 is 2.40 bits per heavy atom. The van der Waals surface area contributed by atoms with Gasteiger partial charge in [-0.2, -0.15) is 0 Å². The fourth-order valence-electron chi connectivity index (χ4n) is 3.40. The summed E-state index contributed by atoms with van der Waals surface area (Å²) in [7, 11) is 0. The lowest BCUT2D eigenvalue weighted by Crippen LogP contribution is -2.26. The van der Waals surface area contributed by atoms with E-state index in [1.807, 2.05) is 0 Å². The van der Waals surface area contributed by atoms with Gasteiger partial charge in [0.2, 0.25) is 0 Å². The summed E-state index contributed by atoms with van der Waals surface area (Å²) in [5.41, 5.74) is 0. The Balaban J connectivity index is 1.86. The van der Waals surface area contributed by atoms with Crippen LogP contribution in [0.3, 0.4) is 0 Å². The maximum Gasteiger partial charge on any atom is 0.0576 e. The lowest BCUT2D eigenvalue weighted by Gasteiger charge is -2.27. The van der Waals surface area contributed by atoms with E-state index in [0.717, 1.165) is 18.3 Å². The molecule has 1 nitrogen and oxygen atoms in total. The van der Waals surface area contributed by atoms with Crippen molar-refractivity contribution in [1.82, 2.24) is 0 Å². The minimum atomic E-state index is -0.0464. The third-order valence-electron chi connectivity index (χ3n) is 4.55. The molecule has 0 aromatic carbocycles. The van der Waals surface area contributed by atoms with Crippen LogP contribution in [-0.4, -0.2) is 11.2 Å². The minimum Gasteiger partial charge on any atom is -0.393 e. The molecular weight excluding hydrogens is 184 g/mol. The molecule has 2 bridgehead atoms. The van der Waals surface area contributed by atoms with Crippen LogP contribution in [0.4, 0.5) is 0 Å². The third kappa shape index (κ3) is 2.28. The van der Waals surface area contributed by atoms with E-state index < -0.39 is 0 Å². The molecule has 0 spiro atoms. The lowest BCUT2D eigenvalue weighted by molar-refractivity contribution is 0.0677. The van der Waals surface area contributed by atoms with Gasteiger partial charge < -0.3 is 5.11 Å². The fourth-order valence-corrected chi connectivity index (χ4v) is 3.40. The predicted octanol–water partition coefficient (Wildman–Crippen LogP) is 3.39. The average molecular weight is 208 g/mol. The highest BCUT2D eigenvalue weighted by molar-refractivity contribution is 5.11. The Bertz CT molecular complexity index is 229. The van der Waals surface area contributed by atoms with Crippen LogP contribution >= 0.6 is 0 Å². The van der Waals surface area contributed by atoms with Crippen LogP contribution in [0, 0.1) is 23.7 Å². The van der Waals surface area contributed by atoms with Crippen LogP contribution in [-0.2, 0) is 0 Å². The van der Waals surface area contributed by atoms with Crippen molar-refractivity contribution in [3.63, 3.8) is 0 Å². The van der Waals surface area contributed by atoms with Gasteiger partial charge in [0.15, 0.2) is 0 Å². The van der Waals surface area contributed by atoms with Crippen molar-refractivity contribution in [1.29, 1.82) is 0 Å². The first-order valence-corrected chi connectivity index (χ1v) is 6.61. The van der Waals surface area contributed by atoms with E-state index in [-0.39, 0.29) is 6.10 Å². The predicted molar refractivity (Wildman–Crippen MR) is 63.5 cm³/mol. The van der Waals surface area contributed by atoms with Gasteiger partial charge in [0.25, 0.3) is 0 Å². The van der Waals surface area contributed by atoms with E-state index in [0.29, 0.717) is 11.8 Å². The molecule has 2 aliphatic rings. The first-order chi connectivity index (χ1) is 7.24. The van der Waals surface area contributed by atoms with Gasteiger partial charge in [-0.25, -0.2) is 0 Å². The summed E-state index contributed by atoms with van der Waals surface area (Å²) in [6.45, 7) is 4.48. The first-order valence-electron chi connectivity index (χ1n) is 6.61. The van der Waals surface area contributed by atoms with Gasteiger partial charge >= 0.3 is 0 Å². The lowest BCUT2D eigenvalue weighted by atomic mass is 9.83. The Hall–Kier alpha value is -0.300. The second kappa shape index (κ2) is 4.69. The standard InChI is InChI=1S/C14H24O/c1-3-10(4-2)9-14(15)13-8-11-5-6-12(13)7-11/h5-6,10-15H,3-4,7-9H2,1-2H3/t11?,12?,13-,14?/m0/s1. The molecule has 0 aromatic rings.